The van der Waals surface area contributed by atoms with Crippen LogP contribution in [0.3, 0.4) is 0 Å². The molecule has 164 valence electrons. The minimum absolute atomic E-state index is 0.00274. The number of hydrogen-bond acceptors (Lipinski definition) is 5. The Morgan fingerprint density at radius 1 is 1.21 bits per heavy atom. The van der Waals surface area contributed by atoms with Gasteiger partial charge in [0, 0.05) is 11.1 Å². The SMILES string of the molecule is CC[C@H](C)[C@]1(N)CC[C@@H]2C[C@](O)(C(F)S(=O)(=O)c3ccccc3)CC[C@]2(N)[C@H]1C. The van der Waals surface area contributed by atoms with Crippen LogP contribution in [0.25, 0.3) is 0 Å². The van der Waals surface area contributed by atoms with E-state index >= 15 is 4.39 Å². The molecule has 0 saturated heterocycles. The minimum Gasteiger partial charge on any atom is -0.386 e. The average molecular weight is 427 g/mol. The third-order valence-corrected chi connectivity index (χ3v) is 10.1. The normalized spacial score (nSPS) is 40.1. The molecule has 0 radical (unpaired) electrons. The van der Waals surface area contributed by atoms with Gasteiger partial charge in [0.15, 0.2) is 0 Å². The number of halogens is 1. The maximum Gasteiger partial charge on any atom is 0.233 e. The number of alkyl halides is 1. The zero-order chi connectivity index (χ0) is 21.7. The number of rotatable bonds is 5. The van der Waals surface area contributed by atoms with Gasteiger partial charge >= 0.3 is 0 Å². The lowest BCUT2D eigenvalue weighted by atomic mass is 9.50. The van der Waals surface area contributed by atoms with E-state index < -0.39 is 32.0 Å². The molecule has 5 N–H and O–H groups in total. The van der Waals surface area contributed by atoms with Crippen LogP contribution in [0, 0.1) is 17.8 Å². The standard InChI is InChI=1S/C22H35FN2O3S/c1-4-15(2)21(24)11-10-17-14-20(26,12-13-22(17,25)16(21)3)19(23)29(27,28)18-8-6-5-7-9-18/h5-9,15-17,19,26H,4,10-14,24-25H2,1-3H3/t15-,16-,17+,19?,20-,21+,22-/m0/s1. The Kier molecular flexibility index (Phi) is 5.93. The molecule has 2 fully saturated rings. The first-order valence-corrected chi connectivity index (χ1v) is 12.2. The van der Waals surface area contributed by atoms with Gasteiger partial charge in [0.1, 0.15) is 5.60 Å². The topological polar surface area (TPSA) is 106 Å². The second-order valence-corrected chi connectivity index (χ2v) is 11.4. The molecule has 29 heavy (non-hydrogen) atoms. The summed E-state index contributed by atoms with van der Waals surface area (Å²) < 4.78 is 40.9. The first-order valence-electron chi connectivity index (χ1n) is 10.6. The molecule has 1 aromatic carbocycles. The van der Waals surface area contributed by atoms with Gasteiger partial charge in [-0.05, 0) is 62.0 Å². The van der Waals surface area contributed by atoms with Crippen molar-refractivity contribution < 1.29 is 17.9 Å². The fraction of sp³-hybridized carbons (Fsp3) is 0.727. The van der Waals surface area contributed by atoms with Crippen molar-refractivity contribution in [3.05, 3.63) is 30.3 Å². The minimum atomic E-state index is -4.29. The van der Waals surface area contributed by atoms with Crippen LogP contribution in [0.2, 0.25) is 0 Å². The predicted molar refractivity (Wildman–Crippen MR) is 113 cm³/mol. The molecule has 0 spiro atoms. The number of sulfone groups is 1. The van der Waals surface area contributed by atoms with E-state index in [0.29, 0.717) is 18.8 Å². The van der Waals surface area contributed by atoms with E-state index in [2.05, 4.69) is 20.8 Å². The monoisotopic (exact) mass is 426 g/mol. The molecule has 7 atom stereocenters. The molecule has 0 amide bonds. The molecule has 1 unspecified atom stereocenters. The molecule has 0 heterocycles. The third kappa shape index (κ3) is 3.54. The highest BCUT2D eigenvalue weighted by Gasteiger charge is 2.60. The second kappa shape index (κ2) is 7.59. The fourth-order valence-electron chi connectivity index (χ4n) is 5.72. The molecule has 1 aromatic rings. The van der Waals surface area contributed by atoms with E-state index in [0.717, 1.165) is 12.8 Å². The second-order valence-electron chi connectivity index (χ2n) is 9.47. The van der Waals surface area contributed by atoms with Gasteiger partial charge in [-0.2, -0.15) is 0 Å². The molecule has 0 bridgehead atoms. The van der Waals surface area contributed by atoms with Crippen LogP contribution in [-0.4, -0.2) is 35.7 Å². The Morgan fingerprint density at radius 2 is 1.83 bits per heavy atom. The van der Waals surface area contributed by atoms with Crippen molar-refractivity contribution in [2.45, 2.75) is 86.4 Å². The summed E-state index contributed by atoms with van der Waals surface area (Å²) in [5.41, 5.74) is 8.32. The van der Waals surface area contributed by atoms with Gasteiger partial charge in [-0.15, -0.1) is 0 Å². The summed E-state index contributed by atoms with van der Waals surface area (Å²) in [5, 5.41) is 11.1. The van der Waals surface area contributed by atoms with E-state index in [1.54, 1.807) is 18.2 Å². The Bertz CT molecular complexity index is 836. The first-order chi connectivity index (χ1) is 13.4. The van der Waals surface area contributed by atoms with Crippen LogP contribution >= 0.6 is 0 Å². The number of hydrogen-bond donors (Lipinski definition) is 3. The number of benzene rings is 1. The molecular weight excluding hydrogens is 391 g/mol. The van der Waals surface area contributed by atoms with Crippen LogP contribution in [-0.2, 0) is 9.84 Å². The van der Waals surface area contributed by atoms with Crippen LogP contribution < -0.4 is 11.5 Å². The lowest BCUT2D eigenvalue weighted by Gasteiger charge is -2.60. The van der Waals surface area contributed by atoms with E-state index in [1.165, 1.54) is 12.1 Å². The van der Waals surface area contributed by atoms with E-state index in [-0.39, 0.29) is 29.6 Å². The van der Waals surface area contributed by atoms with E-state index in [1.807, 2.05) is 0 Å². The van der Waals surface area contributed by atoms with Gasteiger partial charge in [0.2, 0.25) is 15.3 Å². The van der Waals surface area contributed by atoms with E-state index in [9.17, 15) is 13.5 Å². The van der Waals surface area contributed by atoms with Crippen molar-refractivity contribution in [2.75, 3.05) is 0 Å². The number of fused-ring (bicyclic) bond motifs is 1. The van der Waals surface area contributed by atoms with Crippen molar-refractivity contribution in [3.8, 4) is 0 Å². The highest BCUT2D eigenvalue weighted by molar-refractivity contribution is 7.92. The van der Waals surface area contributed by atoms with E-state index in [4.69, 9.17) is 11.5 Å². The van der Waals surface area contributed by atoms with Crippen LogP contribution in [0.1, 0.15) is 59.3 Å². The zero-order valence-electron chi connectivity index (χ0n) is 17.6. The van der Waals surface area contributed by atoms with Crippen molar-refractivity contribution in [3.63, 3.8) is 0 Å². The van der Waals surface area contributed by atoms with Crippen LogP contribution in [0.15, 0.2) is 35.2 Å². The summed E-state index contributed by atoms with van der Waals surface area (Å²) in [4.78, 5) is -0.111. The summed E-state index contributed by atoms with van der Waals surface area (Å²) in [6.45, 7) is 6.32. The summed E-state index contributed by atoms with van der Waals surface area (Å²) in [5.74, 6) is 0.130. The Hall–Kier alpha value is -1.02. The third-order valence-electron chi connectivity index (χ3n) is 8.19. The Labute approximate surface area is 174 Å². The fourth-order valence-corrected chi connectivity index (χ4v) is 7.28. The van der Waals surface area contributed by atoms with Crippen molar-refractivity contribution >= 4 is 9.84 Å². The van der Waals surface area contributed by atoms with Crippen LogP contribution in [0.5, 0.6) is 0 Å². The van der Waals surface area contributed by atoms with Gasteiger partial charge in [0.25, 0.3) is 0 Å². The molecule has 0 aliphatic heterocycles. The summed E-state index contributed by atoms with van der Waals surface area (Å²) in [6.07, 6.45) is 2.77. The molecule has 2 aliphatic carbocycles. The lowest BCUT2D eigenvalue weighted by Crippen LogP contribution is -2.71. The number of nitrogens with two attached hydrogens (primary N) is 2. The Balaban J connectivity index is 1.86. The smallest absolute Gasteiger partial charge is 0.233 e. The van der Waals surface area contributed by atoms with Crippen molar-refractivity contribution in [2.24, 2.45) is 29.2 Å². The highest BCUT2D eigenvalue weighted by Crippen LogP contribution is 2.54. The average Bonchev–Trinajstić information content (AvgIpc) is 2.72. The number of aliphatic hydroxyl groups is 1. The molecular formula is C22H35FN2O3S. The molecule has 2 aliphatic rings. The van der Waals surface area contributed by atoms with Crippen molar-refractivity contribution in [1.82, 2.24) is 0 Å². The molecule has 3 rings (SSSR count). The van der Waals surface area contributed by atoms with Gasteiger partial charge in [-0.3, -0.25) is 0 Å². The maximum absolute atomic E-state index is 15.3. The Morgan fingerprint density at radius 3 is 2.41 bits per heavy atom. The molecule has 2 saturated carbocycles. The summed E-state index contributed by atoms with van der Waals surface area (Å²) in [6, 6.07) is 7.49. The first kappa shape index (κ1) is 22.7. The maximum atomic E-state index is 15.3. The largest absolute Gasteiger partial charge is 0.386 e. The molecule has 5 nitrogen and oxygen atoms in total. The predicted octanol–water partition coefficient (Wildman–Crippen LogP) is 3.16. The van der Waals surface area contributed by atoms with Crippen LogP contribution in [0.4, 0.5) is 4.39 Å². The van der Waals surface area contributed by atoms with Gasteiger partial charge < -0.3 is 16.6 Å². The highest BCUT2D eigenvalue weighted by atomic mass is 32.2. The summed E-state index contributed by atoms with van der Waals surface area (Å²) in [7, 11) is -4.29. The lowest BCUT2D eigenvalue weighted by molar-refractivity contribution is -0.108. The van der Waals surface area contributed by atoms with Gasteiger partial charge in [-0.1, -0.05) is 45.4 Å². The van der Waals surface area contributed by atoms with Gasteiger partial charge in [0.05, 0.1) is 4.90 Å². The summed E-state index contributed by atoms with van der Waals surface area (Å²) >= 11 is 0. The quantitative estimate of drug-likeness (QED) is 0.670. The van der Waals surface area contributed by atoms with Gasteiger partial charge in [-0.25, -0.2) is 12.8 Å². The molecule has 0 aromatic heterocycles. The van der Waals surface area contributed by atoms with Crippen molar-refractivity contribution in [1.29, 1.82) is 0 Å². The molecule has 7 heteroatoms. The zero-order valence-corrected chi connectivity index (χ0v) is 18.5.